The summed E-state index contributed by atoms with van der Waals surface area (Å²) in [6.45, 7) is 0.838. The fourth-order valence-electron chi connectivity index (χ4n) is 2.67. The van der Waals surface area contributed by atoms with Gasteiger partial charge in [-0.2, -0.15) is 0 Å². The summed E-state index contributed by atoms with van der Waals surface area (Å²) in [5.41, 5.74) is 5.69. The third-order valence-electron chi connectivity index (χ3n) is 4.08. The van der Waals surface area contributed by atoms with Crippen molar-refractivity contribution in [2.45, 2.75) is 25.0 Å². The van der Waals surface area contributed by atoms with Gasteiger partial charge in [-0.05, 0) is 5.56 Å². The van der Waals surface area contributed by atoms with E-state index >= 15 is 0 Å². The predicted molar refractivity (Wildman–Crippen MR) is 86.6 cm³/mol. The highest BCUT2D eigenvalue weighted by Gasteiger charge is 2.41. The summed E-state index contributed by atoms with van der Waals surface area (Å²) in [6, 6.07) is 9.43. The van der Waals surface area contributed by atoms with Crippen molar-refractivity contribution in [1.29, 1.82) is 0 Å². The second kappa shape index (κ2) is 8.51. The van der Waals surface area contributed by atoms with Gasteiger partial charge >= 0.3 is 6.09 Å². The number of nitrogens with zero attached hydrogens (tertiary/aromatic N) is 2. The zero-order valence-electron chi connectivity index (χ0n) is 13.4. The quantitative estimate of drug-likeness (QED) is 0.307. The molecular formula is C16H23N3O5. The number of nitrogens with two attached hydrogens (primary N) is 1. The van der Waals surface area contributed by atoms with Gasteiger partial charge in [0.05, 0.1) is 13.2 Å². The summed E-state index contributed by atoms with van der Waals surface area (Å²) in [5.74, 6) is -0.0479. The number of amides is 1. The van der Waals surface area contributed by atoms with E-state index < -0.39 is 11.7 Å². The van der Waals surface area contributed by atoms with Crippen LogP contribution in [0.1, 0.15) is 18.4 Å². The summed E-state index contributed by atoms with van der Waals surface area (Å²) in [4.78, 5) is 13.7. The number of aliphatic hydroxyl groups excluding tert-OH is 1. The van der Waals surface area contributed by atoms with Gasteiger partial charge < -0.3 is 30.4 Å². The molecule has 1 aromatic carbocycles. The normalized spacial score (nSPS) is 17.5. The molecule has 0 unspecified atom stereocenters. The number of amidine groups is 1. The number of oxime groups is 1. The molecule has 1 aromatic rings. The number of hydrogen-bond donors (Lipinski definition) is 3. The molecule has 8 nitrogen and oxygen atoms in total. The average molecular weight is 337 g/mol. The van der Waals surface area contributed by atoms with Crippen LogP contribution in [0.4, 0.5) is 4.79 Å². The smallest absolute Gasteiger partial charge is 0.410 e. The number of piperidine rings is 1. The number of ether oxygens (including phenoxy) is 2. The van der Waals surface area contributed by atoms with Crippen LogP contribution in [0, 0.1) is 0 Å². The van der Waals surface area contributed by atoms with Crippen molar-refractivity contribution < 1.29 is 24.6 Å². The summed E-state index contributed by atoms with van der Waals surface area (Å²) >= 11 is 0. The van der Waals surface area contributed by atoms with Crippen LogP contribution >= 0.6 is 0 Å². The van der Waals surface area contributed by atoms with E-state index in [1.54, 1.807) is 4.90 Å². The summed E-state index contributed by atoms with van der Waals surface area (Å²) in [6.07, 6.45) is 0.321. The number of carbonyl (C=O) groups is 1. The molecule has 0 atom stereocenters. The number of hydrogen-bond acceptors (Lipinski definition) is 6. The van der Waals surface area contributed by atoms with Crippen molar-refractivity contribution in [2.24, 2.45) is 10.9 Å². The third kappa shape index (κ3) is 4.36. The van der Waals surface area contributed by atoms with Gasteiger partial charge in [0.1, 0.15) is 12.2 Å². The van der Waals surface area contributed by atoms with E-state index in [-0.39, 0.29) is 25.7 Å². The molecule has 4 N–H and O–H groups in total. The fraction of sp³-hybridized carbons (Fsp3) is 0.500. The summed E-state index contributed by atoms with van der Waals surface area (Å²) in [7, 11) is 0. The van der Waals surface area contributed by atoms with Gasteiger partial charge in [-0.25, -0.2) is 4.79 Å². The summed E-state index contributed by atoms with van der Waals surface area (Å²) < 4.78 is 10.9. The van der Waals surface area contributed by atoms with Gasteiger partial charge in [0.2, 0.25) is 0 Å². The maximum atomic E-state index is 12.1. The number of rotatable bonds is 6. The van der Waals surface area contributed by atoms with Gasteiger partial charge in [-0.1, -0.05) is 35.5 Å². The molecule has 1 aliphatic heterocycles. The van der Waals surface area contributed by atoms with E-state index in [4.69, 9.17) is 25.5 Å². The molecule has 2 rings (SSSR count). The molecule has 0 aliphatic carbocycles. The topological polar surface area (TPSA) is 118 Å². The van der Waals surface area contributed by atoms with E-state index in [0.717, 1.165) is 5.56 Å². The van der Waals surface area contributed by atoms with Crippen molar-refractivity contribution in [3.63, 3.8) is 0 Å². The molecule has 0 bridgehead atoms. The lowest BCUT2D eigenvalue weighted by molar-refractivity contribution is -0.0482. The van der Waals surface area contributed by atoms with Crippen molar-refractivity contribution in [2.75, 3.05) is 26.3 Å². The van der Waals surface area contributed by atoms with Crippen LogP contribution in [-0.4, -0.2) is 59.0 Å². The Morgan fingerprint density at radius 2 is 1.96 bits per heavy atom. The Morgan fingerprint density at radius 1 is 1.29 bits per heavy atom. The Labute approximate surface area is 140 Å². The number of benzene rings is 1. The van der Waals surface area contributed by atoms with Crippen LogP contribution in [0.15, 0.2) is 35.5 Å². The first-order valence-corrected chi connectivity index (χ1v) is 7.80. The minimum absolute atomic E-state index is 0.0479. The minimum Gasteiger partial charge on any atom is -0.445 e. The monoisotopic (exact) mass is 337 g/mol. The van der Waals surface area contributed by atoms with Crippen LogP contribution in [0.5, 0.6) is 0 Å². The van der Waals surface area contributed by atoms with E-state index in [1.807, 2.05) is 30.3 Å². The molecule has 0 saturated carbocycles. The van der Waals surface area contributed by atoms with Crippen LogP contribution in [0.2, 0.25) is 0 Å². The highest BCUT2D eigenvalue weighted by Crippen LogP contribution is 2.27. The highest BCUT2D eigenvalue weighted by molar-refractivity contribution is 5.89. The maximum absolute atomic E-state index is 12.1. The molecule has 0 aromatic heterocycles. The van der Waals surface area contributed by atoms with Crippen molar-refractivity contribution >= 4 is 11.9 Å². The van der Waals surface area contributed by atoms with Crippen LogP contribution < -0.4 is 5.73 Å². The van der Waals surface area contributed by atoms with Gasteiger partial charge in [0.25, 0.3) is 0 Å². The molecule has 132 valence electrons. The lowest BCUT2D eigenvalue weighted by Gasteiger charge is -2.40. The third-order valence-corrected chi connectivity index (χ3v) is 4.08. The van der Waals surface area contributed by atoms with Gasteiger partial charge in [-0.15, -0.1) is 0 Å². The first-order valence-electron chi connectivity index (χ1n) is 7.80. The van der Waals surface area contributed by atoms with Crippen molar-refractivity contribution in [1.82, 2.24) is 4.90 Å². The van der Waals surface area contributed by atoms with Crippen molar-refractivity contribution in [3.8, 4) is 0 Å². The molecule has 1 aliphatic rings. The van der Waals surface area contributed by atoms with E-state index in [9.17, 15) is 4.79 Å². The zero-order valence-corrected chi connectivity index (χ0v) is 13.4. The minimum atomic E-state index is -0.965. The molecule has 24 heavy (non-hydrogen) atoms. The lowest BCUT2D eigenvalue weighted by atomic mass is 9.90. The van der Waals surface area contributed by atoms with Crippen molar-refractivity contribution in [3.05, 3.63) is 35.9 Å². The molecule has 1 amide bonds. The molecule has 1 fully saturated rings. The highest BCUT2D eigenvalue weighted by atomic mass is 16.6. The van der Waals surface area contributed by atoms with Crippen LogP contribution in [-0.2, 0) is 16.1 Å². The number of aliphatic hydroxyl groups is 1. The van der Waals surface area contributed by atoms with E-state index in [1.165, 1.54) is 0 Å². The summed E-state index contributed by atoms with van der Waals surface area (Å²) in [5, 5.41) is 20.9. The van der Waals surface area contributed by atoms with Gasteiger partial charge in [0.15, 0.2) is 5.84 Å². The zero-order chi connectivity index (χ0) is 17.4. The molecule has 0 radical (unpaired) electrons. The molecule has 0 spiro atoms. The van der Waals surface area contributed by atoms with E-state index in [0.29, 0.717) is 25.9 Å². The Hall–Kier alpha value is -2.32. The van der Waals surface area contributed by atoms with E-state index in [2.05, 4.69) is 5.16 Å². The molecular weight excluding hydrogens is 314 g/mol. The Bertz CT molecular complexity index is 556. The predicted octanol–water partition coefficient (Wildman–Crippen LogP) is 0.913. The van der Waals surface area contributed by atoms with Gasteiger partial charge in [0, 0.05) is 25.9 Å². The first kappa shape index (κ1) is 18.0. The van der Waals surface area contributed by atoms with Crippen LogP contribution in [0.3, 0.4) is 0 Å². The van der Waals surface area contributed by atoms with Gasteiger partial charge in [-0.3, -0.25) is 0 Å². The lowest BCUT2D eigenvalue weighted by Crippen LogP contribution is -2.55. The first-order chi connectivity index (χ1) is 11.6. The maximum Gasteiger partial charge on any atom is 0.410 e. The SMILES string of the molecule is NC(=NO)C1(OCCO)CCN(C(=O)OCc2ccccc2)CC1. The average Bonchev–Trinajstić information content (AvgIpc) is 2.65. The number of carbonyl (C=O) groups excluding carboxylic acids is 1. The second-order valence-corrected chi connectivity index (χ2v) is 5.58. The Balaban J connectivity index is 1.89. The molecule has 8 heteroatoms. The largest absolute Gasteiger partial charge is 0.445 e. The standard InChI is InChI=1S/C16H23N3O5/c17-14(18-22)16(24-11-10-20)6-8-19(9-7-16)15(21)23-12-13-4-2-1-3-5-13/h1-5,20,22H,6-12H2,(H2,17,18). The molecule has 1 heterocycles. The second-order valence-electron chi connectivity index (χ2n) is 5.58. The number of likely N-dealkylation sites (tertiary alicyclic amines) is 1. The van der Waals surface area contributed by atoms with Crippen LogP contribution in [0.25, 0.3) is 0 Å². The Kier molecular flexibility index (Phi) is 6.39. The Morgan fingerprint density at radius 3 is 2.54 bits per heavy atom. The molecule has 1 saturated heterocycles. The fourth-order valence-corrected chi connectivity index (χ4v) is 2.67.